The van der Waals surface area contributed by atoms with Gasteiger partial charge in [0.25, 0.3) is 0 Å². The van der Waals surface area contributed by atoms with Crippen LogP contribution in [0.5, 0.6) is 0 Å². The summed E-state index contributed by atoms with van der Waals surface area (Å²) in [4.78, 5) is 9.10. The highest BCUT2D eigenvalue weighted by atomic mass is 15.2. The summed E-state index contributed by atoms with van der Waals surface area (Å²) >= 11 is 0. The summed E-state index contributed by atoms with van der Waals surface area (Å²) in [6, 6.07) is 4.67. The molecule has 1 aliphatic rings. The van der Waals surface area contributed by atoms with Gasteiger partial charge in [-0.1, -0.05) is 18.9 Å². The molecule has 3 rings (SSSR count). The Morgan fingerprint density at radius 1 is 1.30 bits per heavy atom. The highest BCUT2D eigenvalue weighted by Crippen LogP contribution is 2.22. The second kappa shape index (κ2) is 5.65. The van der Waals surface area contributed by atoms with Gasteiger partial charge in [-0.05, 0) is 38.3 Å². The number of hydrogen-bond donors (Lipinski definition) is 1. The third-order valence-electron chi connectivity index (χ3n) is 4.02. The third kappa shape index (κ3) is 2.84. The standard InChI is InChI=1S/C16H22N4/c1-12-6-5-9-17-15(12)11-20-10-13(2)18-16(20)19-14-7-3-4-8-14/h5-6,9-10,14H,3-4,7-8,11H2,1-2H3,(H,18,19). The molecule has 1 aliphatic carbocycles. The Balaban J connectivity index is 1.80. The first-order valence-electron chi connectivity index (χ1n) is 7.43. The number of nitrogens with zero attached hydrogens (tertiary/aromatic N) is 3. The van der Waals surface area contributed by atoms with E-state index in [1.54, 1.807) is 0 Å². The summed E-state index contributed by atoms with van der Waals surface area (Å²) < 4.78 is 2.18. The zero-order valence-corrected chi connectivity index (χ0v) is 12.3. The maximum absolute atomic E-state index is 4.62. The smallest absolute Gasteiger partial charge is 0.203 e. The predicted octanol–water partition coefficient (Wildman–Crippen LogP) is 3.30. The van der Waals surface area contributed by atoms with Gasteiger partial charge in [-0.15, -0.1) is 0 Å². The fraction of sp³-hybridized carbons (Fsp3) is 0.500. The van der Waals surface area contributed by atoms with Crippen LogP contribution in [0.25, 0.3) is 0 Å². The van der Waals surface area contributed by atoms with Gasteiger partial charge in [-0.3, -0.25) is 4.98 Å². The van der Waals surface area contributed by atoms with Gasteiger partial charge in [-0.25, -0.2) is 4.98 Å². The van der Waals surface area contributed by atoms with Crippen LogP contribution in [0.1, 0.15) is 42.6 Å². The lowest BCUT2D eigenvalue weighted by Gasteiger charge is -2.15. The highest BCUT2D eigenvalue weighted by Gasteiger charge is 2.17. The van der Waals surface area contributed by atoms with Crippen LogP contribution in [0.2, 0.25) is 0 Å². The Hall–Kier alpha value is -1.84. The molecule has 106 valence electrons. The molecule has 4 heteroatoms. The number of imidazole rings is 1. The molecule has 0 bridgehead atoms. The normalized spacial score (nSPS) is 15.7. The topological polar surface area (TPSA) is 42.7 Å². The average Bonchev–Trinajstić information content (AvgIpc) is 3.03. The Kier molecular flexibility index (Phi) is 3.72. The van der Waals surface area contributed by atoms with Crippen molar-refractivity contribution >= 4 is 5.95 Å². The van der Waals surface area contributed by atoms with Crippen molar-refractivity contribution < 1.29 is 0 Å². The molecule has 0 saturated heterocycles. The number of anilines is 1. The first-order chi connectivity index (χ1) is 9.72. The van der Waals surface area contributed by atoms with Crippen molar-refractivity contribution in [3.05, 3.63) is 41.5 Å². The first-order valence-corrected chi connectivity index (χ1v) is 7.43. The summed E-state index contributed by atoms with van der Waals surface area (Å²) in [5, 5.41) is 3.59. The number of pyridine rings is 1. The largest absolute Gasteiger partial charge is 0.353 e. The van der Waals surface area contributed by atoms with Gasteiger partial charge in [-0.2, -0.15) is 0 Å². The molecule has 2 heterocycles. The molecule has 1 N–H and O–H groups in total. The molecule has 0 aliphatic heterocycles. The molecule has 0 radical (unpaired) electrons. The minimum absolute atomic E-state index is 0.584. The molecule has 0 aromatic carbocycles. The second-order valence-electron chi connectivity index (χ2n) is 5.73. The first kappa shape index (κ1) is 13.2. The van der Waals surface area contributed by atoms with Crippen LogP contribution in [0, 0.1) is 13.8 Å². The van der Waals surface area contributed by atoms with E-state index in [-0.39, 0.29) is 0 Å². The van der Waals surface area contributed by atoms with E-state index in [9.17, 15) is 0 Å². The van der Waals surface area contributed by atoms with Crippen molar-refractivity contribution in [2.75, 3.05) is 5.32 Å². The monoisotopic (exact) mass is 270 g/mol. The van der Waals surface area contributed by atoms with Gasteiger partial charge >= 0.3 is 0 Å². The van der Waals surface area contributed by atoms with Crippen molar-refractivity contribution in [1.82, 2.24) is 14.5 Å². The minimum atomic E-state index is 0.584. The van der Waals surface area contributed by atoms with E-state index < -0.39 is 0 Å². The van der Waals surface area contributed by atoms with E-state index in [1.807, 2.05) is 19.2 Å². The lowest BCUT2D eigenvalue weighted by atomic mass is 10.2. The molecular weight excluding hydrogens is 248 g/mol. The Labute approximate surface area is 120 Å². The molecule has 1 fully saturated rings. The Morgan fingerprint density at radius 3 is 2.85 bits per heavy atom. The SMILES string of the molecule is Cc1cn(Cc2ncccc2C)c(NC2CCCC2)n1. The Bertz CT molecular complexity index is 582. The van der Waals surface area contributed by atoms with E-state index in [4.69, 9.17) is 0 Å². The lowest BCUT2D eigenvalue weighted by Crippen LogP contribution is -2.18. The van der Waals surface area contributed by atoms with Gasteiger partial charge < -0.3 is 9.88 Å². The molecule has 2 aromatic heterocycles. The zero-order valence-electron chi connectivity index (χ0n) is 12.3. The van der Waals surface area contributed by atoms with Crippen LogP contribution in [-0.4, -0.2) is 20.6 Å². The van der Waals surface area contributed by atoms with E-state index in [1.165, 1.54) is 31.2 Å². The van der Waals surface area contributed by atoms with E-state index in [2.05, 4.69) is 39.0 Å². The van der Waals surface area contributed by atoms with Crippen LogP contribution in [0.15, 0.2) is 24.5 Å². The molecule has 1 saturated carbocycles. The van der Waals surface area contributed by atoms with Gasteiger partial charge in [0.2, 0.25) is 5.95 Å². The summed E-state index contributed by atoms with van der Waals surface area (Å²) in [6.45, 7) is 4.93. The van der Waals surface area contributed by atoms with Crippen molar-refractivity contribution in [2.24, 2.45) is 0 Å². The van der Waals surface area contributed by atoms with Crippen molar-refractivity contribution in [1.29, 1.82) is 0 Å². The van der Waals surface area contributed by atoms with Crippen molar-refractivity contribution in [3.63, 3.8) is 0 Å². The quantitative estimate of drug-likeness (QED) is 0.927. The van der Waals surface area contributed by atoms with E-state index in [0.29, 0.717) is 6.04 Å². The Morgan fingerprint density at radius 2 is 2.10 bits per heavy atom. The zero-order chi connectivity index (χ0) is 13.9. The fourth-order valence-corrected chi connectivity index (χ4v) is 2.88. The molecule has 0 spiro atoms. The van der Waals surface area contributed by atoms with Crippen LogP contribution in [0.3, 0.4) is 0 Å². The molecule has 0 atom stereocenters. The molecule has 2 aromatic rings. The number of hydrogen-bond acceptors (Lipinski definition) is 3. The maximum Gasteiger partial charge on any atom is 0.203 e. The highest BCUT2D eigenvalue weighted by molar-refractivity contribution is 5.32. The molecule has 0 unspecified atom stereocenters. The van der Waals surface area contributed by atoms with E-state index in [0.717, 1.165) is 23.9 Å². The van der Waals surface area contributed by atoms with Crippen LogP contribution in [0.4, 0.5) is 5.95 Å². The van der Waals surface area contributed by atoms with Crippen LogP contribution >= 0.6 is 0 Å². The number of aromatic nitrogens is 3. The summed E-state index contributed by atoms with van der Waals surface area (Å²) in [6.07, 6.45) is 9.14. The fourth-order valence-electron chi connectivity index (χ4n) is 2.88. The summed E-state index contributed by atoms with van der Waals surface area (Å²) in [7, 11) is 0. The summed E-state index contributed by atoms with van der Waals surface area (Å²) in [5.74, 6) is 0.986. The lowest BCUT2D eigenvalue weighted by molar-refractivity contribution is 0.709. The molecule has 0 amide bonds. The minimum Gasteiger partial charge on any atom is -0.353 e. The van der Waals surface area contributed by atoms with Crippen LogP contribution in [-0.2, 0) is 6.54 Å². The second-order valence-corrected chi connectivity index (χ2v) is 5.73. The van der Waals surface area contributed by atoms with E-state index >= 15 is 0 Å². The number of aryl methyl sites for hydroxylation is 2. The predicted molar refractivity (Wildman–Crippen MR) is 80.9 cm³/mol. The maximum atomic E-state index is 4.62. The average molecular weight is 270 g/mol. The van der Waals surface area contributed by atoms with Crippen molar-refractivity contribution in [2.45, 2.75) is 52.1 Å². The number of nitrogens with one attached hydrogen (secondary N) is 1. The summed E-state index contributed by atoms with van der Waals surface area (Å²) in [5.41, 5.74) is 3.39. The molecular formula is C16H22N4. The van der Waals surface area contributed by atoms with Crippen LogP contribution < -0.4 is 5.32 Å². The van der Waals surface area contributed by atoms with Crippen molar-refractivity contribution in [3.8, 4) is 0 Å². The molecule has 4 nitrogen and oxygen atoms in total. The van der Waals surface area contributed by atoms with Gasteiger partial charge in [0, 0.05) is 18.4 Å². The number of rotatable bonds is 4. The van der Waals surface area contributed by atoms with Gasteiger partial charge in [0.05, 0.1) is 17.9 Å². The van der Waals surface area contributed by atoms with Gasteiger partial charge in [0.15, 0.2) is 0 Å². The third-order valence-corrected chi connectivity index (χ3v) is 4.02. The molecule has 20 heavy (non-hydrogen) atoms. The van der Waals surface area contributed by atoms with Gasteiger partial charge in [0.1, 0.15) is 0 Å².